The number of ether oxygens (including phenoxy) is 1. The lowest BCUT2D eigenvalue weighted by Gasteiger charge is -2.38. The van der Waals surface area contributed by atoms with E-state index in [0.717, 1.165) is 22.3 Å². The molecule has 2 aliphatic rings. The maximum absolute atomic E-state index is 7.39. The fraction of sp³-hybridized carbons (Fsp3) is 0.100. The van der Waals surface area contributed by atoms with Crippen molar-refractivity contribution in [1.29, 1.82) is 0 Å². The highest BCUT2D eigenvalue weighted by atomic mass is 32.2. The molecule has 1 atom stereocenters. The summed E-state index contributed by atoms with van der Waals surface area (Å²) in [6, 6.07) is 47.7. The molecule has 0 spiro atoms. The highest BCUT2D eigenvalue weighted by Crippen LogP contribution is 2.58. The number of hydrogen-bond donors (Lipinski definition) is 0. The fourth-order valence-corrected chi connectivity index (χ4v) is 7.80. The monoisotopic (exact) mass is 558 g/mol. The SMILES string of the molecule is CC1(C)c2ccccc2-c2c1c1c(c3ccccc23)OC(c2ccccc2)(c2ccc(Sc3ccccc3)cc2)C=C1. The van der Waals surface area contributed by atoms with Crippen LogP contribution < -0.4 is 4.74 Å². The van der Waals surface area contributed by atoms with E-state index < -0.39 is 5.60 Å². The summed E-state index contributed by atoms with van der Waals surface area (Å²) < 4.78 is 7.39. The molecule has 0 bridgehead atoms. The number of hydrogen-bond acceptors (Lipinski definition) is 2. The molecule has 0 aromatic heterocycles. The summed E-state index contributed by atoms with van der Waals surface area (Å²) in [7, 11) is 0. The van der Waals surface area contributed by atoms with Crippen molar-refractivity contribution in [1.82, 2.24) is 0 Å². The van der Waals surface area contributed by atoms with Gasteiger partial charge >= 0.3 is 0 Å². The van der Waals surface area contributed by atoms with E-state index in [4.69, 9.17) is 4.74 Å². The summed E-state index contributed by atoms with van der Waals surface area (Å²) in [6.45, 7) is 4.70. The highest BCUT2D eigenvalue weighted by Gasteiger charge is 2.44. The third-order valence-corrected chi connectivity index (χ3v) is 9.93. The minimum atomic E-state index is -0.753. The van der Waals surface area contributed by atoms with Gasteiger partial charge < -0.3 is 4.74 Å². The van der Waals surface area contributed by atoms with Gasteiger partial charge in [-0.1, -0.05) is 141 Å². The Labute approximate surface area is 251 Å². The molecule has 1 aliphatic carbocycles. The molecule has 6 aromatic rings. The first-order valence-corrected chi connectivity index (χ1v) is 15.3. The Kier molecular flexibility index (Phi) is 5.70. The number of benzene rings is 6. The summed E-state index contributed by atoms with van der Waals surface area (Å²) in [5.41, 5.74) is 7.91. The van der Waals surface area contributed by atoms with Gasteiger partial charge in [-0.05, 0) is 58.0 Å². The van der Waals surface area contributed by atoms with Crippen molar-refractivity contribution in [2.24, 2.45) is 0 Å². The second-order valence-electron chi connectivity index (χ2n) is 11.7. The number of rotatable bonds is 4. The van der Waals surface area contributed by atoms with Crippen LogP contribution >= 0.6 is 11.8 Å². The van der Waals surface area contributed by atoms with Gasteiger partial charge in [0.1, 0.15) is 5.75 Å². The Morgan fingerprint density at radius 3 is 1.93 bits per heavy atom. The van der Waals surface area contributed by atoms with Crippen LogP contribution in [0.3, 0.4) is 0 Å². The minimum absolute atomic E-state index is 0.142. The van der Waals surface area contributed by atoms with E-state index in [1.165, 1.54) is 43.0 Å². The Morgan fingerprint density at radius 2 is 1.17 bits per heavy atom. The molecular weight excluding hydrogens is 529 g/mol. The largest absolute Gasteiger partial charge is 0.472 e. The van der Waals surface area contributed by atoms with E-state index >= 15 is 0 Å². The molecular formula is C40H30OS. The van der Waals surface area contributed by atoms with Gasteiger partial charge in [-0.3, -0.25) is 0 Å². The molecule has 1 nitrogen and oxygen atoms in total. The predicted octanol–water partition coefficient (Wildman–Crippen LogP) is 10.6. The van der Waals surface area contributed by atoms with Crippen molar-refractivity contribution in [3.8, 4) is 16.9 Å². The first-order valence-electron chi connectivity index (χ1n) is 14.5. The van der Waals surface area contributed by atoms with E-state index in [2.05, 4.69) is 159 Å². The van der Waals surface area contributed by atoms with E-state index in [9.17, 15) is 0 Å². The third kappa shape index (κ3) is 3.72. The summed E-state index contributed by atoms with van der Waals surface area (Å²) in [4.78, 5) is 2.44. The van der Waals surface area contributed by atoms with Crippen molar-refractivity contribution >= 4 is 28.6 Å². The second kappa shape index (κ2) is 9.51. The maximum Gasteiger partial charge on any atom is 0.178 e. The lowest BCUT2D eigenvalue weighted by atomic mass is 9.77. The van der Waals surface area contributed by atoms with Crippen LogP contribution in [0.25, 0.3) is 28.0 Å². The van der Waals surface area contributed by atoms with Crippen molar-refractivity contribution in [2.75, 3.05) is 0 Å². The molecule has 0 saturated carbocycles. The van der Waals surface area contributed by atoms with Crippen LogP contribution in [0, 0.1) is 0 Å². The van der Waals surface area contributed by atoms with Crippen LogP contribution in [-0.2, 0) is 11.0 Å². The zero-order valence-electron chi connectivity index (χ0n) is 23.7. The zero-order valence-corrected chi connectivity index (χ0v) is 24.5. The van der Waals surface area contributed by atoms with E-state index in [0.29, 0.717) is 0 Å². The zero-order chi connectivity index (χ0) is 28.3. The van der Waals surface area contributed by atoms with Crippen LogP contribution in [0.5, 0.6) is 5.75 Å². The second-order valence-corrected chi connectivity index (χ2v) is 12.8. The average Bonchev–Trinajstić information content (AvgIpc) is 3.29. The van der Waals surface area contributed by atoms with Crippen molar-refractivity contribution in [2.45, 2.75) is 34.7 Å². The molecule has 0 saturated heterocycles. The highest BCUT2D eigenvalue weighted by molar-refractivity contribution is 7.99. The normalized spacial score (nSPS) is 17.8. The van der Waals surface area contributed by atoms with Crippen LogP contribution in [0.2, 0.25) is 0 Å². The van der Waals surface area contributed by atoms with Crippen molar-refractivity contribution in [3.63, 3.8) is 0 Å². The molecule has 1 aliphatic heterocycles. The quantitative estimate of drug-likeness (QED) is 0.213. The van der Waals surface area contributed by atoms with Crippen LogP contribution in [0.15, 0.2) is 149 Å². The molecule has 6 aromatic carbocycles. The van der Waals surface area contributed by atoms with Crippen molar-refractivity contribution < 1.29 is 4.74 Å². The first kappa shape index (κ1) is 25.2. The van der Waals surface area contributed by atoms with Gasteiger partial charge in [0.05, 0.1) is 0 Å². The van der Waals surface area contributed by atoms with Gasteiger partial charge in [-0.15, -0.1) is 0 Å². The van der Waals surface area contributed by atoms with E-state index in [1.54, 1.807) is 11.8 Å². The average molecular weight is 559 g/mol. The number of fused-ring (bicyclic) bond motifs is 8. The van der Waals surface area contributed by atoms with Gasteiger partial charge in [0, 0.05) is 37.3 Å². The van der Waals surface area contributed by atoms with Gasteiger partial charge in [0.25, 0.3) is 0 Å². The third-order valence-electron chi connectivity index (χ3n) is 8.91. The molecule has 0 fully saturated rings. The Bertz CT molecular complexity index is 1990. The first-order chi connectivity index (χ1) is 20.6. The van der Waals surface area contributed by atoms with E-state index in [1.807, 2.05) is 0 Å². The molecule has 1 unspecified atom stereocenters. The lowest BCUT2D eigenvalue weighted by Crippen LogP contribution is -2.35. The summed E-state index contributed by atoms with van der Waals surface area (Å²) >= 11 is 1.78. The Hall–Kier alpha value is -4.53. The molecule has 8 rings (SSSR count). The molecule has 202 valence electrons. The van der Waals surface area contributed by atoms with E-state index in [-0.39, 0.29) is 5.41 Å². The predicted molar refractivity (Wildman–Crippen MR) is 175 cm³/mol. The van der Waals surface area contributed by atoms with Gasteiger partial charge in [-0.2, -0.15) is 0 Å². The summed E-state index contributed by atoms with van der Waals surface area (Å²) in [5.74, 6) is 0.958. The topological polar surface area (TPSA) is 9.23 Å². The molecule has 2 heteroatoms. The van der Waals surface area contributed by atoms with Crippen molar-refractivity contribution in [3.05, 3.63) is 167 Å². The molecule has 1 heterocycles. The molecule has 42 heavy (non-hydrogen) atoms. The smallest absolute Gasteiger partial charge is 0.178 e. The van der Waals surface area contributed by atoms with Gasteiger partial charge in [0.15, 0.2) is 5.60 Å². The molecule has 0 amide bonds. The van der Waals surface area contributed by atoms with Crippen LogP contribution in [-0.4, -0.2) is 0 Å². The Balaban J connectivity index is 1.33. The minimum Gasteiger partial charge on any atom is -0.472 e. The Morgan fingerprint density at radius 1 is 0.571 bits per heavy atom. The lowest BCUT2D eigenvalue weighted by molar-refractivity contribution is 0.163. The van der Waals surface area contributed by atoms with Crippen LogP contribution in [0.1, 0.15) is 41.7 Å². The molecule has 0 N–H and O–H groups in total. The summed E-state index contributed by atoms with van der Waals surface area (Å²) in [6.07, 6.45) is 4.61. The molecule has 0 radical (unpaired) electrons. The summed E-state index contributed by atoms with van der Waals surface area (Å²) in [5, 5.41) is 2.40. The van der Waals surface area contributed by atoms with Gasteiger partial charge in [0.2, 0.25) is 0 Å². The fourth-order valence-electron chi connectivity index (χ4n) is 6.96. The van der Waals surface area contributed by atoms with Crippen LogP contribution in [0.4, 0.5) is 0 Å². The maximum atomic E-state index is 7.39. The van der Waals surface area contributed by atoms with Gasteiger partial charge in [-0.25, -0.2) is 0 Å². The standard InChI is InChI=1S/C40H30OS/c1-39(2)35-20-12-11-19-33(35)36-31-17-9-10-18-32(31)38-34(37(36)39)25-26-40(41-38,27-13-5-3-6-14-27)28-21-23-30(24-22-28)42-29-15-7-4-8-16-29/h3-26H,1-2H3.